The lowest BCUT2D eigenvalue weighted by molar-refractivity contribution is -0.132. The Morgan fingerprint density at radius 2 is 2.06 bits per heavy atom. The van der Waals surface area contributed by atoms with Crippen molar-refractivity contribution in [3.8, 4) is 17.3 Å². The van der Waals surface area contributed by atoms with Crippen LogP contribution in [0.5, 0.6) is 5.75 Å². The summed E-state index contributed by atoms with van der Waals surface area (Å²) in [6.45, 7) is 2.69. The van der Waals surface area contributed by atoms with Gasteiger partial charge in [-0.3, -0.25) is 4.79 Å². The first-order chi connectivity index (χ1) is 15.6. The zero-order valence-electron chi connectivity index (χ0n) is 17.3. The number of halogens is 1. The average molecular weight is 454 g/mol. The van der Waals surface area contributed by atoms with E-state index in [-0.39, 0.29) is 12.5 Å². The lowest BCUT2D eigenvalue weighted by atomic mass is 10.2. The van der Waals surface area contributed by atoms with Gasteiger partial charge in [-0.05, 0) is 12.1 Å². The normalized spacial score (nSPS) is 14.2. The first-order valence-corrected chi connectivity index (χ1v) is 10.4. The molecule has 4 aromatic rings. The van der Waals surface area contributed by atoms with Crippen LogP contribution in [-0.4, -0.2) is 68.8 Å². The maximum atomic E-state index is 13.0. The molecule has 0 spiro atoms. The number of methoxy groups -OCH3 is 1. The molecule has 3 aromatic heterocycles. The van der Waals surface area contributed by atoms with Crippen LogP contribution in [-0.2, 0) is 11.3 Å². The lowest BCUT2D eigenvalue weighted by Crippen LogP contribution is -2.49. The van der Waals surface area contributed by atoms with Crippen molar-refractivity contribution >= 4 is 34.2 Å². The van der Waals surface area contributed by atoms with Gasteiger partial charge in [-0.25, -0.2) is 19.6 Å². The molecule has 0 unspecified atom stereocenters. The summed E-state index contributed by atoms with van der Waals surface area (Å²) < 4.78 is 12.3. The zero-order valence-corrected chi connectivity index (χ0v) is 18.1. The number of carbonyl (C=O) groups excluding carboxylic acids is 1. The van der Waals surface area contributed by atoms with Crippen molar-refractivity contribution in [2.75, 3.05) is 38.2 Å². The number of aromatic nitrogens is 5. The molecule has 1 amide bonds. The number of anilines is 1. The number of oxazole rings is 1. The van der Waals surface area contributed by atoms with E-state index in [2.05, 4.69) is 25.0 Å². The van der Waals surface area contributed by atoms with Crippen molar-refractivity contribution in [3.05, 3.63) is 48.2 Å². The highest BCUT2D eigenvalue weighted by molar-refractivity contribution is 6.32. The highest BCUT2D eigenvalue weighted by atomic mass is 35.5. The van der Waals surface area contributed by atoms with Gasteiger partial charge in [-0.15, -0.1) is 0 Å². The monoisotopic (exact) mass is 453 g/mol. The second-order valence-electron chi connectivity index (χ2n) is 7.29. The Hall–Kier alpha value is -3.66. The van der Waals surface area contributed by atoms with Crippen molar-refractivity contribution in [2.45, 2.75) is 6.54 Å². The molecule has 0 atom stereocenters. The summed E-state index contributed by atoms with van der Waals surface area (Å²) in [6.07, 6.45) is 6.11. The Bertz CT molecular complexity index is 1250. The SMILES string of the molecule is COc1cc(N2CCN(C(=O)Cn3nc(-c4ncco4)c4cncnc43)CC2)ccc1Cl. The lowest BCUT2D eigenvalue weighted by Gasteiger charge is -2.36. The fourth-order valence-electron chi connectivity index (χ4n) is 3.81. The van der Waals surface area contributed by atoms with Gasteiger partial charge in [0, 0.05) is 44.1 Å². The first kappa shape index (κ1) is 20.3. The predicted molar refractivity (Wildman–Crippen MR) is 118 cm³/mol. The summed E-state index contributed by atoms with van der Waals surface area (Å²) in [5.74, 6) is 0.973. The molecule has 5 rings (SSSR count). The van der Waals surface area contributed by atoms with Crippen LogP contribution in [0.2, 0.25) is 5.02 Å². The maximum absolute atomic E-state index is 13.0. The van der Waals surface area contributed by atoms with E-state index in [4.69, 9.17) is 20.8 Å². The predicted octanol–water partition coefficient (Wildman–Crippen LogP) is 2.49. The van der Waals surface area contributed by atoms with Crippen LogP contribution >= 0.6 is 11.6 Å². The molecular weight excluding hydrogens is 434 g/mol. The third-order valence-corrected chi connectivity index (χ3v) is 5.78. The summed E-state index contributed by atoms with van der Waals surface area (Å²) in [4.78, 5) is 29.6. The van der Waals surface area contributed by atoms with Gasteiger partial charge in [0.25, 0.3) is 0 Å². The summed E-state index contributed by atoms with van der Waals surface area (Å²) in [5.41, 5.74) is 2.09. The van der Waals surface area contributed by atoms with E-state index < -0.39 is 0 Å². The number of fused-ring (bicyclic) bond motifs is 1. The van der Waals surface area contributed by atoms with Gasteiger partial charge in [0.2, 0.25) is 11.8 Å². The standard InChI is InChI=1S/C21H20ClN7O3/c1-31-17-10-14(2-3-16(17)22)27-5-7-28(8-6-27)18(30)12-29-20-15(11-23-13-25-20)19(26-29)21-24-4-9-32-21/h2-4,9-11,13H,5-8,12H2,1H3. The third-order valence-electron chi connectivity index (χ3n) is 5.46. The Labute approximate surface area is 188 Å². The van der Waals surface area contributed by atoms with Gasteiger partial charge in [-0.2, -0.15) is 5.10 Å². The largest absolute Gasteiger partial charge is 0.495 e. The van der Waals surface area contributed by atoms with Gasteiger partial charge in [-0.1, -0.05) is 11.6 Å². The van der Waals surface area contributed by atoms with E-state index in [0.717, 1.165) is 5.69 Å². The van der Waals surface area contributed by atoms with Crippen LogP contribution in [0.25, 0.3) is 22.6 Å². The van der Waals surface area contributed by atoms with Crippen molar-refractivity contribution in [2.24, 2.45) is 0 Å². The van der Waals surface area contributed by atoms with Crippen LogP contribution in [0.15, 0.2) is 47.6 Å². The number of hydrogen-bond donors (Lipinski definition) is 0. The van der Waals surface area contributed by atoms with Crippen molar-refractivity contribution in [1.82, 2.24) is 29.6 Å². The highest BCUT2D eigenvalue weighted by Crippen LogP contribution is 2.30. The number of piperazine rings is 1. The third kappa shape index (κ3) is 3.73. The average Bonchev–Trinajstić information content (AvgIpc) is 3.48. The van der Waals surface area contributed by atoms with Crippen molar-refractivity contribution < 1.29 is 13.9 Å². The second kappa shape index (κ2) is 8.46. The Kier molecular flexibility index (Phi) is 5.36. The molecule has 164 valence electrons. The van der Waals surface area contributed by atoms with Crippen LogP contribution in [0.1, 0.15) is 0 Å². The van der Waals surface area contributed by atoms with Gasteiger partial charge < -0.3 is 19.0 Å². The highest BCUT2D eigenvalue weighted by Gasteiger charge is 2.24. The molecule has 0 N–H and O–H groups in total. The van der Waals surface area contributed by atoms with E-state index >= 15 is 0 Å². The number of rotatable bonds is 5. The quantitative estimate of drug-likeness (QED) is 0.454. The van der Waals surface area contributed by atoms with Crippen LogP contribution in [0.4, 0.5) is 5.69 Å². The van der Waals surface area contributed by atoms with Crippen LogP contribution in [0, 0.1) is 0 Å². The summed E-state index contributed by atoms with van der Waals surface area (Å²) in [6, 6.07) is 5.70. The minimum atomic E-state index is -0.0275. The van der Waals surface area contributed by atoms with E-state index in [1.165, 1.54) is 12.6 Å². The smallest absolute Gasteiger partial charge is 0.247 e. The fraction of sp³-hybridized carbons (Fsp3) is 0.286. The topological polar surface area (TPSA) is 102 Å². The molecule has 0 bridgehead atoms. The van der Waals surface area contributed by atoms with Gasteiger partial charge in [0.05, 0.1) is 23.7 Å². The molecule has 10 nitrogen and oxygen atoms in total. The number of benzene rings is 1. The van der Waals surface area contributed by atoms with Gasteiger partial charge in [0.1, 0.15) is 24.9 Å². The maximum Gasteiger partial charge on any atom is 0.247 e. The first-order valence-electron chi connectivity index (χ1n) is 10.1. The molecule has 0 saturated carbocycles. The molecule has 1 aliphatic heterocycles. The summed E-state index contributed by atoms with van der Waals surface area (Å²) >= 11 is 6.13. The summed E-state index contributed by atoms with van der Waals surface area (Å²) in [5, 5.41) is 5.79. The molecule has 1 saturated heterocycles. The Balaban J connectivity index is 1.29. The minimum Gasteiger partial charge on any atom is -0.495 e. The second-order valence-corrected chi connectivity index (χ2v) is 7.70. The fourth-order valence-corrected chi connectivity index (χ4v) is 4.01. The van der Waals surface area contributed by atoms with Crippen LogP contribution in [0.3, 0.4) is 0 Å². The zero-order chi connectivity index (χ0) is 22.1. The van der Waals surface area contributed by atoms with E-state index in [1.807, 2.05) is 23.1 Å². The molecule has 4 heterocycles. The Morgan fingerprint density at radius 3 is 2.81 bits per heavy atom. The van der Waals surface area contributed by atoms with Gasteiger partial charge >= 0.3 is 0 Å². The van der Waals surface area contributed by atoms with E-state index in [0.29, 0.717) is 59.6 Å². The van der Waals surface area contributed by atoms with Crippen molar-refractivity contribution in [3.63, 3.8) is 0 Å². The number of carbonyl (C=O) groups is 1. The number of hydrogen-bond acceptors (Lipinski definition) is 8. The molecular formula is C21H20ClN7O3. The molecule has 1 aliphatic rings. The molecule has 0 aliphatic carbocycles. The number of ether oxygens (including phenoxy) is 1. The minimum absolute atomic E-state index is 0.0275. The number of nitrogens with zero attached hydrogens (tertiary/aromatic N) is 7. The summed E-state index contributed by atoms with van der Waals surface area (Å²) in [7, 11) is 1.60. The Morgan fingerprint density at radius 1 is 1.22 bits per heavy atom. The van der Waals surface area contributed by atoms with Crippen LogP contribution < -0.4 is 9.64 Å². The van der Waals surface area contributed by atoms with E-state index in [1.54, 1.807) is 24.2 Å². The number of amides is 1. The molecule has 32 heavy (non-hydrogen) atoms. The van der Waals surface area contributed by atoms with Gasteiger partial charge in [0.15, 0.2) is 11.3 Å². The molecule has 0 radical (unpaired) electrons. The van der Waals surface area contributed by atoms with Crippen molar-refractivity contribution in [1.29, 1.82) is 0 Å². The molecule has 1 aromatic carbocycles. The molecule has 1 fully saturated rings. The molecule has 11 heteroatoms. The van der Waals surface area contributed by atoms with E-state index in [9.17, 15) is 4.79 Å².